The Morgan fingerprint density at radius 3 is 2.80 bits per heavy atom. The molecule has 0 aromatic carbocycles. The first-order valence-electron chi connectivity index (χ1n) is 6.29. The number of ether oxygens (including phenoxy) is 1. The van der Waals surface area contributed by atoms with Crippen LogP contribution in [0.3, 0.4) is 0 Å². The Balaban J connectivity index is 2.27. The molecule has 1 saturated heterocycles. The standard InChI is InChI=1S/C12H26N2O/c1-3-6-11(9-13)14(2)10-12-7-4-5-8-15-12/h11-12H,3-10,13H2,1-2H3. The van der Waals surface area contributed by atoms with Crippen molar-refractivity contribution in [1.29, 1.82) is 0 Å². The van der Waals surface area contributed by atoms with Gasteiger partial charge >= 0.3 is 0 Å². The monoisotopic (exact) mass is 214 g/mol. The maximum absolute atomic E-state index is 5.78. The molecule has 15 heavy (non-hydrogen) atoms. The van der Waals surface area contributed by atoms with Crippen molar-refractivity contribution in [2.75, 3.05) is 26.7 Å². The number of likely N-dealkylation sites (N-methyl/N-ethyl adjacent to an activating group) is 1. The Labute approximate surface area is 94.0 Å². The first-order valence-corrected chi connectivity index (χ1v) is 6.29. The number of hydrogen-bond acceptors (Lipinski definition) is 3. The summed E-state index contributed by atoms with van der Waals surface area (Å²) in [6.45, 7) is 4.96. The zero-order valence-electron chi connectivity index (χ0n) is 10.2. The SMILES string of the molecule is CCCC(CN)N(C)CC1CCCCO1. The summed E-state index contributed by atoms with van der Waals surface area (Å²) in [5.41, 5.74) is 5.78. The van der Waals surface area contributed by atoms with Crippen LogP contribution < -0.4 is 5.73 Å². The van der Waals surface area contributed by atoms with Crippen LogP contribution in [0.4, 0.5) is 0 Å². The van der Waals surface area contributed by atoms with E-state index in [9.17, 15) is 0 Å². The fourth-order valence-electron chi connectivity index (χ4n) is 2.27. The molecule has 2 atom stereocenters. The summed E-state index contributed by atoms with van der Waals surface area (Å²) >= 11 is 0. The van der Waals surface area contributed by atoms with Gasteiger partial charge in [0.2, 0.25) is 0 Å². The summed E-state index contributed by atoms with van der Waals surface area (Å²) in [5.74, 6) is 0. The molecule has 0 saturated carbocycles. The van der Waals surface area contributed by atoms with E-state index in [1.165, 1.54) is 32.1 Å². The molecule has 1 fully saturated rings. The second-order valence-electron chi connectivity index (χ2n) is 4.61. The Kier molecular flexibility index (Phi) is 6.22. The summed E-state index contributed by atoms with van der Waals surface area (Å²) in [6.07, 6.45) is 6.61. The fraction of sp³-hybridized carbons (Fsp3) is 1.00. The quantitative estimate of drug-likeness (QED) is 0.730. The van der Waals surface area contributed by atoms with Gasteiger partial charge in [0, 0.05) is 25.7 Å². The third-order valence-corrected chi connectivity index (χ3v) is 3.28. The van der Waals surface area contributed by atoms with Crippen molar-refractivity contribution in [1.82, 2.24) is 4.90 Å². The van der Waals surface area contributed by atoms with Crippen molar-refractivity contribution in [3.63, 3.8) is 0 Å². The molecule has 0 radical (unpaired) electrons. The van der Waals surface area contributed by atoms with Gasteiger partial charge in [0.05, 0.1) is 6.10 Å². The van der Waals surface area contributed by atoms with E-state index in [-0.39, 0.29) is 0 Å². The average molecular weight is 214 g/mol. The summed E-state index contributed by atoms with van der Waals surface area (Å²) in [4.78, 5) is 2.37. The van der Waals surface area contributed by atoms with Crippen molar-refractivity contribution in [3.8, 4) is 0 Å². The molecule has 0 aromatic rings. The van der Waals surface area contributed by atoms with Crippen LogP contribution in [0, 0.1) is 0 Å². The summed E-state index contributed by atoms with van der Waals surface area (Å²) in [7, 11) is 2.17. The predicted molar refractivity (Wildman–Crippen MR) is 64.0 cm³/mol. The summed E-state index contributed by atoms with van der Waals surface area (Å²) < 4.78 is 5.74. The minimum absolute atomic E-state index is 0.439. The number of hydrogen-bond donors (Lipinski definition) is 1. The van der Waals surface area contributed by atoms with Gasteiger partial charge in [0.15, 0.2) is 0 Å². The lowest BCUT2D eigenvalue weighted by Gasteiger charge is -2.32. The molecule has 2 unspecified atom stereocenters. The van der Waals surface area contributed by atoms with Crippen LogP contribution in [-0.4, -0.2) is 43.8 Å². The van der Waals surface area contributed by atoms with Crippen LogP contribution in [0.25, 0.3) is 0 Å². The van der Waals surface area contributed by atoms with Crippen molar-refractivity contribution >= 4 is 0 Å². The van der Waals surface area contributed by atoms with Crippen LogP contribution in [0.15, 0.2) is 0 Å². The average Bonchev–Trinajstić information content (AvgIpc) is 2.27. The maximum atomic E-state index is 5.78. The molecule has 1 aliphatic rings. The first kappa shape index (κ1) is 12.9. The van der Waals surface area contributed by atoms with Gasteiger partial charge in [-0.05, 0) is 32.7 Å². The van der Waals surface area contributed by atoms with Crippen molar-refractivity contribution in [2.24, 2.45) is 5.73 Å². The zero-order chi connectivity index (χ0) is 11.1. The van der Waals surface area contributed by atoms with Crippen LogP contribution in [0.1, 0.15) is 39.0 Å². The number of nitrogens with two attached hydrogens (primary N) is 1. The summed E-state index contributed by atoms with van der Waals surface area (Å²) in [6, 6.07) is 0.528. The fourth-order valence-corrected chi connectivity index (χ4v) is 2.27. The molecule has 0 spiro atoms. The highest BCUT2D eigenvalue weighted by Gasteiger charge is 2.19. The predicted octanol–water partition coefficient (Wildman–Crippen LogP) is 1.61. The second kappa shape index (κ2) is 7.20. The molecule has 3 nitrogen and oxygen atoms in total. The highest BCUT2D eigenvalue weighted by Crippen LogP contribution is 2.15. The lowest BCUT2D eigenvalue weighted by atomic mass is 10.1. The van der Waals surface area contributed by atoms with E-state index in [1.807, 2.05) is 0 Å². The smallest absolute Gasteiger partial charge is 0.0702 e. The van der Waals surface area contributed by atoms with E-state index in [0.717, 1.165) is 19.7 Å². The lowest BCUT2D eigenvalue weighted by molar-refractivity contribution is -0.00816. The first-order chi connectivity index (χ1) is 7.27. The van der Waals surface area contributed by atoms with Gasteiger partial charge in [-0.1, -0.05) is 13.3 Å². The molecule has 0 bridgehead atoms. The molecule has 1 rings (SSSR count). The van der Waals surface area contributed by atoms with Gasteiger partial charge in [0.1, 0.15) is 0 Å². The second-order valence-corrected chi connectivity index (χ2v) is 4.61. The van der Waals surface area contributed by atoms with Gasteiger partial charge in [-0.2, -0.15) is 0 Å². The number of rotatable bonds is 6. The molecule has 90 valence electrons. The van der Waals surface area contributed by atoms with Gasteiger partial charge in [0.25, 0.3) is 0 Å². The van der Waals surface area contributed by atoms with Crippen molar-refractivity contribution in [3.05, 3.63) is 0 Å². The highest BCUT2D eigenvalue weighted by atomic mass is 16.5. The molecular formula is C12H26N2O. The van der Waals surface area contributed by atoms with Crippen LogP contribution in [0.5, 0.6) is 0 Å². The molecule has 3 heteroatoms. The molecule has 0 aromatic heterocycles. The van der Waals surface area contributed by atoms with E-state index >= 15 is 0 Å². The minimum atomic E-state index is 0.439. The van der Waals surface area contributed by atoms with E-state index in [2.05, 4.69) is 18.9 Å². The molecule has 2 N–H and O–H groups in total. The molecule has 1 aliphatic heterocycles. The van der Waals surface area contributed by atoms with Crippen molar-refractivity contribution < 1.29 is 4.74 Å². The molecule has 1 heterocycles. The maximum Gasteiger partial charge on any atom is 0.0702 e. The third-order valence-electron chi connectivity index (χ3n) is 3.28. The minimum Gasteiger partial charge on any atom is -0.377 e. The van der Waals surface area contributed by atoms with Gasteiger partial charge in [-0.15, -0.1) is 0 Å². The van der Waals surface area contributed by atoms with Crippen LogP contribution in [0.2, 0.25) is 0 Å². The lowest BCUT2D eigenvalue weighted by Crippen LogP contribution is -2.43. The van der Waals surface area contributed by atoms with E-state index in [1.54, 1.807) is 0 Å². The van der Waals surface area contributed by atoms with E-state index in [0.29, 0.717) is 12.1 Å². The third kappa shape index (κ3) is 4.49. The Morgan fingerprint density at radius 2 is 2.27 bits per heavy atom. The Hall–Kier alpha value is -0.120. The van der Waals surface area contributed by atoms with Gasteiger partial charge in [-0.3, -0.25) is 4.90 Å². The summed E-state index contributed by atoms with van der Waals surface area (Å²) in [5, 5.41) is 0. The Bertz CT molecular complexity index is 158. The molecule has 0 amide bonds. The molecular weight excluding hydrogens is 188 g/mol. The molecule has 0 aliphatic carbocycles. The number of nitrogens with zero attached hydrogens (tertiary/aromatic N) is 1. The topological polar surface area (TPSA) is 38.5 Å². The highest BCUT2D eigenvalue weighted by molar-refractivity contribution is 4.74. The van der Waals surface area contributed by atoms with E-state index in [4.69, 9.17) is 10.5 Å². The van der Waals surface area contributed by atoms with Gasteiger partial charge in [-0.25, -0.2) is 0 Å². The normalized spacial score (nSPS) is 24.4. The largest absolute Gasteiger partial charge is 0.377 e. The van der Waals surface area contributed by atoms with Crippen molar-refractivity contribution in [2.45, 2.75) is 51.2 Å². The zero-order valence-corrected chi connectivity index (χ0v) is 10.2. The Morgan fingerprint density at radius 1 is 1.47 bits per heavy atom. The van der Waals surface area contributed by atoms with Crippen LogP contribution >= 0.6 is 0 Å². The van der Waals surface area contributed by atoms with Gasteiger partial charge < -0.3 is 10.5 Å². The van der Waals surface area contributed by atoms with E-state index < -0.39 is 0 Å². The van der Waals surface area contributed by atoms with Crippen LogP contribution in [-0.2, 0) is 4.74 Å².